The molecule has 4 heteroatoms. The summed E-state index contributed by atoms with van der Waals surface area (Å²) in [6.45, 7) is 9.61. The lowest BCUT2D eigenvalue weighted by atomic mass is 9.93. The maximum atomic E-state index is 14.0. The molecule has 0 saturated carbocycles. The molecule has 1 aliphatic heterocycles. The fourth-order valence-electron chi connectivity index (χ4n) is 2.86. The first-order valence-electron chi connectivity index (χ1n) is 7.50. The van der Waals surface area contributed by atoms with Crippen molar-refractivity contribution >= 4 is 0 Å². The molecule has 3 nitrogen and oxygen atoms in total. The highest BCUT2D eigenvalue weighted by Gasteiger charge is 2.24. The summed E-state index contributed by atoms with van der Waals surface area (Å²) in [6, 6.07) is 7.14. The van der Waals surface area contributed by atoms with Crippen LogP contribution in [0.1, 0.15) is 25.5 Å². The van der Waals surface area contributed by atoms with Gasteiger partial charge in [0, 0.05) is 31.2 Å². The molecule has 0 amide bonds. The predicted octanol–water partition coefficient (Wildman–Crippen LogP) is 2.44. The van der Waals surface area contributed by atoms with Gasteiger partial charge < -0.3 is 10.1 Å². The topological polar surface area (TPSA) is 24.5 Å². The van der Waals surface area contributed by atoms with Crippen LogP contribution in [0.4, 0.5) is 4.39 Å². The van der Waals surface area contributed by atoms with Gasteiger partial charge in [0.1, 0.15) is 5.82 Å². The van der Waals surface area contributed by atoms with Crippen LogP contribution < -0.4 is 5.32 Å². The van der Waals surface area contributed by atoms with Crippen molar-refractivity contribution in [1.29, 1.82) is 0 Å². The molecule has 0 radical (unpaired) electrons. The van der Waals surface area contributed by atoms with E-state index in [1.54, 1.807) is 12.1 Å². The minimum atomic E-state index is -0.118. The number of hydrogen-bond acceptors (Lipinski definition) is 3. The van der Waals surface area contributed by atoms with Crippen molar-refractivity contribution in [3.05, 3.63) is 35.6 Å². The fraction of sp³-hybridized carbons (Fsp3) is 0.625. The van der Waals surface area contributed by atoms with Gasteiger partial charge in [-0.05, 0) is 18.5 Å². The zero-order valence-corrected chi connectivity index (χ0v) is 12.4. The Morgan fingerprint density at radius 3 is 2.65 bits per heavy atom. The van der Waals surface area contributed by atoms with Crippen LogP contribution in [0.3, 0.4) is 0 Å². The van der Waals surface area contributed by atoms with Crippen molar-refractivity contribution in [2.24, 2.45) is 5.92 Å². The number of halogens is 1. The monoisotopic (exact) mass is 280 g/mol. The zero-order valence-electron chi connectivity index (χ0n) is 12.4. The highest BCUT2D eigenvalue weighted by atomic mass is 19.1. The van der Waals surface area contributed by atoms with Gasteiger partial charge in [0.15, 0.2) is 0 Å². The molecule has 1 aromatic carbocycles. The zero-order chi connectivity index (χ0) is 14.4. The van der Waals surface area contributed by atoms with E-state index in [2.05, 4.69) is 24.1 Å². The molecule has 2 unspecified atom stereocenters. The largest absolute Gasteiger partial charge is 0.379 e. The third-order valence-electron chi connectivity index (χ3n) is 3.88. The average molecular weight is 280 g/mol. The van der Waals surface area contributed by atoms with E-state index >= 15 is 0 Å². The van der Waals surface area contributed by atoms with E-state index in [1.807, 2.05) is 12.1 Å². The van der Waals surface area contributed by atoms with Crippen LogP contribution in [-0.4, -0.2) is 44.3 Å². The van der Waals surface area contributed by atoms with Crippen LogP contribution in [0.2, 0.25) is 0 Å². The standard InChI is InChI=1S/C16H25FN2O/c1-3-18-16(14-6-4-5-7-15(14)17)13(2)12-19-8-10-20-11-9-19/h4-7,13,16,18H,3,8-12H2,1-2H3. The molecule has 112 valence electrons. The Kier molecular flexibility index (Phi) is 5.95. The van der Waals surface area contributed by atoms with Gasteiger partial charge in [-0.25, -0.2) is 4.39 Å². The summed E-state index contributed by atoms with van der Waals surface area (Å²) in [5.74, 6) is 0.234. The summed E-state index contributed by atoms with van der Waals surface area (Å²) in [6.07, 6.45) is 0. The Hall–Kier alpha value is -0.970. The van der Waals surface area contributed by atoms with Gasteiger partial charge in [-0.15, -0.1) is 0 Å². The number of hydrogen-bond donors (Lipinski definition) is 1. The van der Waals surface area contributed by atoms with Crippen LogP contribution in [-0.2, 0) is 4.74 Å². The van der Waals surface area contributed by atoms with Gasteiger partial charge in [-0.2, -0.15) is 0 Å². The molecule has 20 heavy (non-hydrogen) atoms. The first-order chi connectivity index (χ1) is 9.72. The highest BCUT2D eigenvalue weighted by Crippen LogP contribution is 2.25. The van der Waals surface area contributed by atoms with E-state index in [4.69, 9.17) is 4.74 Å². The van der Waals surface area contributed by atoms with Crippen molar-refractivity contribution in [3.63, 3.8) is 0 Å². The maximum Gasteiger partial charge on any atom is 0.127 e. The molecule has 0 spiro atoms. The maximum absolute atomic E-state index is 14.0. The summed E-state index contributed by atoms with van der Waals surface area (Å²) < 4.78 is 19.4. The minimum Gasteiger partial charge on any atom is -0.379 e. The minimum absolute atomic E-state index is 0.0593. The number of benzene rings is 1. The summed E-state index contributed by atoms with van der Waals surface area (Å²) in [7, 11) is 0. The molecule has 1 aliphatic rings. The summed E-state index contributed by atoms with van der Waals surface area (Å²) in [5, 5.41) is 3.43. The first-order valence-corrected chi connectivity index (χ1v) is 7.50. The molecular formula is C16H25FN2O. The molecular weight excluding hydrogens is 255 g/mol. The van der Waals surface area contributed by atoms with Gasteiger partial charge in [0.05, 0.1) is 13.2 Å². The Morgan fingerprint density at radius 1 is 1.30 bits per heavy atom. The van der Waals surface area contributed by atoms with E-state index in [1.165, 1.54) is 0 Å². The van der Waals surface area contributed by atoms with E-state index in [0.29, 0.717) is 5.92 Å². The second-order valence-electron chi connectivity index (χ2n) is 5.45. The second-order valence-corrected chi connectivity index (χ2v) is 5.45. The number of nitrogens with one attached hydrogen (secondary N) is 1. The lowest BCUT2D eigenvalue weighted by molar-refractivity contribution is 0.0290. The molecule has 1 aromatic rings. The molecule has 2 atom stereocenters. The number of rotatable bonds is 6. The lowest BCUT2D eigenvalue weighted by Gasteiger charge is -2.33. The van der Waals surface area contributed by atoms with Gasteiger partial charge >= 0.3 is 0 Å². The molecule has 1 N–H and O–H groups in total. The van der Waals surface area contributed by atoms with E-state index in [9.17, 15) is 4.39 Å². The van der Waals surface area contributed by atoms with Crippen molar-refractivity contribution in [2.75, 3.05) is 39.4 Å². The molecule has 1 saturated heterocycles. The summed E-state index contributed by atoms with van der Waals surface area (Å²) in [4.78, 5) is 2.40. The number of morpholine rings is 1. The van der Waals surface area contributed by atoms with Crippen molar-refractivity contribution in [2.45, 2.75) is 19.9 Å². The van der Waals surface area contributed by atoms with Gasteiger partial charge in [-0.3, -0.25) is 4.90 Å². The van der Waals surface area contributed by atoms with Crippen LogP contribution in [0, 0.1) is 11.7 Å². The molecule has 0 aliphatic carbocycles. The van der Waals surface area contributed by atoms with Crippen LogP contribution >= 0.6 is 0 Å². The van der Waals surface area contributed by atoms with Gasteiger partial charge in [0.2, 0.25) is 0 Å². The smallest absolute Gasteiger partial charge is 0.127 e. The van der Waals surface area contributed by atoms with E-state index in [0.717, 1.165) is 45.0 Å². The quantitative estimate of drug-likeness (QED) is 0.866. The van der Waals surface area contributed by atoms with Crippen molar-refractivity contribution in [1.82, 2.24) is 10.2 Å². The van der Waals surface area contributed by atoms with Crippen LogP contribution in [0.15, 0.2) is 24.3 Å². The number of nitrogens with zero attached hydrogens (tertiary/aromatic N) is 1. The third-order valence-corrected chi connectivity index (χ3v) is 3.88. The van der Waals surface area contributed by atoms with Gasteiger partial charge in [0.25, 0.3) is 0 Å². The second kappa shape index (κ2) is 7.72. The van der Waals surface area contributed by atoms with E-state index in [-0.39, 0.29) is 11.9 Å². The fourth-order valence-corrected chi connectivity index (χ4v) is 2.86. The van der Waals surface area contributed by atoms with Crippen LogP contribution in [0.5, 0.6) is 0 Å². The Labute approximate surface area is 121 Å². The Morgan fingerprint density at radius 2 is 2.00 bits per heavy atom. The van der Waals surface area contributed by atoms with Crippen LogP contribution in [0.25, 0.3) is 0 Å². The third kappa shape index (κ3) is 4.01. The molecule has 2 rings (SSSR count). The number of ether oxygens (including phenoxy) is 1. The molecule has 0 bridgehead atoms. The van der Waals surface area contributed by atoms with E-state index < -0.39 is 0 Å². The van der Waals surface area contributed by atoms with Crippen molar-refractivity contribution in [3.8, 4) is 0 Å². The average Bonchev–Trinajstić information content (AvgIpc) is 2.47. The van der Waals surface area contributed by atoms with Crippen molar-refractivity contribution < 1.29 is 9.13 Å². The SMILES string of the molecule is CCNC(c1ccccc1F)C(C)CN1CCOCC1. The predicted molar refractivity (Wildman–Crippen MR) is 79.2 cm³/mol. The Bertz CT molecular complexity index is 407. The van der Waals surface area contributed by atoms with Gasteiger partial charge in [-0.1, -0.05) is 32.0 Å². The molecule has 1 heterocycles. The summed E-state index contributed by atoms with van der Waals surface area (Å²) >= 11 is 0. The molecule has 0 aromatic heterocycles. The first kappa shape index (κ1) is 15.4. The summed E-state index contributed by atoms with van der Waals surface area (Å²) in [5.41, 5.74) is 0.773. The normalized spacial score (nSPS) is 19.8. The lowest BCUT2D eigenvalue weighted by Crippen LogP contribution is -2.42. The highest BCUT2D eigenvalue weighted by molar-refractivity contribution is 5.22. The molecule has 1 fully saturated rings. The Balaban J connectivity index is 2.05.